The van der Waals surface area contributed by atoms with Crippen LogP contribution in [0.15, 0.2) is 36.4 Å². The first-order valence-electron chi connectivity index (χ1n) is 13.7. The topological polar surface area (TPSA) is 92.8 Å². The lowest BCUT2D eigenvalue weighted by Crippen LogP contribution is -2.47. The Bertz CT molecular complexity index is 1090. The van der Waals surface area contributed by atoms with E-state index >= 15 is 0 Å². The monoisotopic (exact) mass is 608 g/mol. The number of piperazine rings is 2. The molecule has 236 valence electrons. The minimum atomic E-state index is -0.391. The highest BCUT2D eigenvalue weighted by atomic mass is 35.5. The summed E-state index contributed by atoms with van der Waals surface area (Å²) in [6.07, 6.45) is 0.603. The van der Waals surface area contributed by atoms with Crippen molar-refractivity contribution in [2.24, 2.45) is 0 Å². The zero-order valence-electron chi connectivity index (χ0n) is 25.2. The minimum Gasteiger partial charge on any atom is -0.493 e. The van der Waals surface area contributed by atoms with Crippen molar-refractivity contribution < 1.29 is 28.5 Å². The molecule has 2 aromatic carbocycles. The van der Waals surface area contributed by atoms with E-state index in [9.17, 15) is 9.59 Å². The van der Waals surface area contributed by atoms with Gasteiger partial charge < -0.3 is 39.0 Å². The van der Waals surface area contributed by atoms with E-state index in [1.807, 2.05) is 23.1 Å². The Morgan fingerprint density at radius 3 is 1.50 bits per heavy atom. The Morgan fingerprint density at radius 1 is 0.690 bits per heavy atom. The summed E-state index contributed by atoms with van der Waals surface area (Å²) >= 11 is 5.27. The van der Waals surface area contributed by atoms with Crippen LogP contribution in [-0.2, 0) is 22.4 Å². The molecule has 0 aliphatic carbocycles. The van der Waals surface area contributed by atoms with Crippen molar-refractivity contribution in [3.63, 3.8) is 0 Å². The molecule has 0 bridgehead atoms. The molecule has 2 aliphatic rings. The standard InChI is InChI=1S/C15H22N2O3.C10H11ClO3.C5H12N2.CH4/c1-16-6-8-17(9-7-16)15(18)11-12-4-5-13(19-2)14(10-12)20-3;1-13-8-4-3-7(6-10(11)12)5-9(8)14-2;1-7-4-2-6-3-5-7;/h4-5,10H,6-9,11H2,1-3H3;3-5H,6H2,1-2H3;6H,2-5H2,1H3;1H4. The third-order valence-electron chi connectivity index (χ3n) is 6.79. The number of benzene rings is 2. The second-order valence-corrected chi connectivity index (χ2v) is 10.2. The highest BCUT2D eigenvalue weighted by molar-refractivity contribution is 6.63. The number of ether oxygens (including phenoxy) is 4. The van der Waals surface area contributed by atoms with Crippen LogP contribution in [0.3, 0.4) is 0 Å². The molecule has 2 aliphatic heterocycles. The highest BCUT2D eigenvalue weighted by Gasteiger charge is 2.19. The maximum atomic E-state index is 12.3. The molecule has 0 atom stereocenters. The molecule has 0 radical (unpaired) electrons. The van der Waals surface area contributed by atoms with Gasteiger partial charge in [0.1, 0.15) is 0 Å². The van der Waals surface area contributed by atoms with Crippen LogP contribution in [0.4, 0.5) is 0 Å². The number of amides is 1. The van der Waals surface area contributed by atoms with Crippen molar-refractivity contribution >= 4 is 22.8 Å². The average Bonchev–Trinajstić information content (AvgIpc) is 2.98. The number of nitrogens with zero attached hydrogens (tertiary/aromatic N) is 3. The number of methoxy groups -OCH3 is 4. The summed E-state index contributed by atoms with van der Waals surface area (Å²) in [5.74, 6) is 2.76. The maximum Gasteiger partial charge on any atom is 0.227 e. The molecule has 0 saturated carbocycles. The van der Waals surface area contributed by atoms with Crippen molar-refractivity contribution in [1.82, 2.24) is 20.0 Å². The summed E-state index contributed by atoms with van der Waals surface area (Å²) in [6, 6.07) is 10.9. The van der Waals surface area contributed by atoms with E-state index in [2.05, 4.69) is 29.2 Å². The molecule has 2 saturated heterocycles. The van der Waals surface area contributed by atoms with Gasteiger partial charge >= 0.3 is 0 Å². The van der Waals surface area contributed by atoms with Gasteiger partial charge in [-0.05, 0) is 61.1 Å². The molecular formula is C31H49ClN4O6. The summed E-state index contributed by atoms with van der Waals surface area (Å²) < 4.78 is 20.6. The van der Waals surface area contributed by atoms with E-state index in [4.69, 9.17) is 30.5 Å². The van der Waals surface area contributed by atoms with Gasteiger partial charge in [-0.25, -0.2) is 0 Å². The fourth-order valence-electron chi connectivity index (χ4n) is 4.26. The number of hydrogen-bond acceptors (Lipinski definition) is 9. The number of rotatable bonds is 8. The van der Waals surface area contributed by atoms with E-state index < -0.39 is 5.24 Å². The lowest BCUT2D eigenvalue weighted by Gasteiger charge is -2.32. The Balaban J connectivity index is 0.000000347. The Kier molecular flexibility index (Phi) is 17.6. The predicted octanol–water partition coefficient (Wildman–Crippen LogP) is 3.19. The first-order chi connectivity index (χ1) is 19.7. The number of hydrogen-bond donors (Lipinski definition) is 1. The molecule has 0 unspecified atom stereocenters. The van der Waals surface area contributed by atoms with Crippen LogP contribution < -0.4 is 24.3 Å². The van der Waals surface area contributed by atoms with Crippen LogP contribution >= 0.6 is 11.6 Å². The molecule has 0 aromatic heterocycles. The van der Waals surface area contributed by atoms with Crippen molar-refractivity contribution in [3.05, 3.63) is 47.5 Å². The van der Waals surface area contributed by atoms with E-state index in [0.717, 1.165) is 50.4 Å². The highest BCUT2D eigenvalue weighted by Crippen LogP contribution is 2.28. The minimum absolute atomic E-state index is 0. The zero-order chi connectivity index (χ0) is 30.2. The Labute approximate surface area is 256 Å². The first-order valence-corrected chi connectivity index (χ1v) is 14.0. The average molecular weight is 609 g/mol. The predicted molar refractivity (Wildman–Crippen MR) is 169 cm³/mol. The SMILES string of the molecule is C.CN1CCNCC1.COc1ccc(CC(=O)Cl)cc1OC.COc1ccc(CC(=O)N2CCN(C)CC2)cc1OC. The first kappa shape index (κ1) is 37.0. The van der Waals surface area contributed by atoms with Gasteiger partial charge in [-0.15, -0.1) is 0 Å². The molecule has 2 fully saturated rings. The van der Waals surface area contributed by atoms with E-state index in [0.29, 0.717) is 29.4 Å². The maximum absolute atomic E-state index is 12.3. The van der Waals surface area contributed by atoms with Crippen LogP contribution in [0.5, 0.6) is 23.0 Å². The van der Waals surface area contributed by atoms with Crippen LogP contribution in [0, 0.1) is 0 Å². The number of carbonyl (C=O) groups excluding carboxylic acids is 2. The smallest absolute Gasteiger partial charge is 0.227 e. The fraction of sp³-hybridized carbons (Fsp3) is 0.548. The van der Waals surface area contributed by atoms with Crippen LogP contribution in [-0.4, -0.2) is 121 Å². The molecule has 10 nitrogen and oxygen atoms in total. The van der Waals surface area contributed by atoms with Gasteiger partial charge in [0.15, 0.2) is 23.0 Å². The van der Waals surface area contributed by atoms with Gasteiger partial charge in [0.05, 0.1) is 34.9 Å². The number of likely N-dealkylation sites (N-methyl/N-ethyl adjacent to an activating group) is 2. The number of nitrogens with one attached hydrogen (secondary N) is 1. The molecule has 2 heterocycles. The second-order valence-electron chi connectivity index (χ2n) is 9.82. The molecule has 42 heavy (non-hydrogen) atoms. The van der Waals surface area contributed by atoms with Gasteiger partial charge in [-0.1, -0.05) is 19.6 Å². The largest absolute Gasteiger partial charge is 0.493 e. The molecule has 0 spiro atoms. The molecular weight excluding hydrogens is 560 g/mol. The lowest BCUT2D eigenvalue weighted by molar-refractivity contribution is -0.132. The van der Waals surface area contributed by atoms with Gasteiger partial charge in [0, 0.05) is 58.8 Å². The van der Waals surface area contributed by atoms with E-state index in [-0.39, 0.29) is 19.8 Å². The quantitative estimate of drug-likeness (QED) is 0.454. The van der Waals surface area contributed by atoms with Gasteiger partial charge in [-0.3, -0.25) is 9.59 Å². The summed E-state index contributed by atoms with van der Waals surface area (Å²) in [6.45, 7) is 8.24. The summed E-state index contributed by atoms with van der Waals surface area (Å²) in [5.41, 5.74) is 1.76. The summed E-state index contributed by atoms with van der Waals surface area (Å²) in [4.78, 5) is 29.4. The summed E-state index contributed by atoms with van der Waals surface area (Å²) in [7, 11) is 10.5. The van der Waals surface area contributed by atoms with Gasteiger partial charge in [-0.2, -0.15) is 0 Å². The Hall–Kier alpha value is -3.05. The van der Waals surface area contributed by atoms with Crippen molar-refractivity contribution in [1.29, 1.82) is 0 Å². The van der Waals surface area contributed by atoms with Crippen LogP contribution in [0.25, 0.3) is 0 Å². The normalized spacial score (nSPS) is 15.1. The second kappa shape index (κ2) is 20.0. The zero-order valence-corrected chi connectivity index (χ0v) is 26.0. The third kappa shape index (κ3) is 12.9. The van der Waals surface area contributed by atoms with Crippen LogP contribution in [0.1, 0.15) is 18.6 Å². The van der Waals surface area contributed by atoms with E-state index in [1.165, 1.54) is 13.1 Å². The molecule has 1 N–H and O–H groups in total. The fourth-order valence-corrected chi connectivity index (χ4v) is 4.41. The van der Waals surface area contributed by atoms with Gasteiger partial charge in [0.2, 0.25) is 11.1 Å². The molecule has 11 heteroatoms. The lowest BCUT2D eigenvalue weighted by atomic mass is 10.1. The number of halogens is 1. The third-order valence-corrected chi connectivity index (χ3v) is 6.92. The van der Waals surface area contributed by atoms with Crippen molar-refractivity contribution in [2.75, 3.05) is 94.9 Å². The Morgan fingerprint density at radius 2 is 1.12 bits per heavy atom. The molecule has 1 amide bonds. The van der Waals surface area contributed by atoms with E-state index in [1.54, 1.807) is 46.6 Å². The van der Waals surface area contributed by atoms with Crippen molar-refractivity contribution in [3.8, 4) is 23.0 Å². The summed E-state index contributed by atoms with van der Waals surface area (Å²) in [5, 5.41) is 2.88. The number of carbonyl (C=O) groups is 2. The molecule has 4 rings (SSSR count). The van der Waals surface area contributed by atoms with Crippen LogP contribution in [0.2, 0.25) is 0 Å². The molecule has 2 aromatic rings. The van der Waals surface area contributed by atoms with Crippen molar-refractivity contribution in [2.45, 2.75) is 20.3 Å². The van der Waals surface area contributed by atoms with Gasteiger partial charge in [0.25, 0.3) is 0 Å².